The highest BCUT2D eigenvalue weighted by Gasteiger charge is 2.21. The van der Waals surface area contributed by atoms with Crippen LogP contribution in [0, 0.1) is 6.92 Å². The second-order valence-corrected chi connectivity index (χ2v) is 5.72. The molecule has 4 heteroatoms. The lowest BCUT2D eigenvalue weighted by atomic mass is 10.2. The quantitative estimate of drug-likeness (QED) is 0.827. The number of ether oxygens (including phenoxy) is 1. The number of hydrogen-bond donors (Lipinski definition) is 2. The van der Waals surface area contributed by atoms with Crippen molar-refractivity contribution in [2.75, 3.05) is 5.32 Å². The Labute approximate surface area is 130 Å². The van der Waals surface area contributed by atoms with Gasteiger partial charge in [-0.15, -0.1) is 0 Å². The molecule has 3 rings (SSSR count). The van der Waals surface area contributed by atoms with Crippen molar-refractivity contribution in [3.05, 3.63) is 54.1 Å². The maximum atomic E-state index is 5.79. The minimum Gasteiger partial charge on any atom is -0.457 e. The Morgan fingerprint density at radius 2 is 1.57 bits per heavy atom. The lowest BCUT2D eigenvalue weighted by Crippen LogP contribution is -2.30. The van der Waals surface area contributed by atoms with Crippen LogP contribution in [0.4, 0.5) is 5.69 Å². The van der Waals surface area contributed by atoms with Crippen molar-refractivity contribution in [1.82, 2.24) is 5.32 Å². The van der Waals surface area contributed by atoms with Crippen molar-refractivity contribution < 1.29 is 4.74 Å². The molecule has 1 aliphatic rings. The summed E-state index contributed by atoms with van der Waals surface area (Å²) in [5, 5.41) is 7.11. The van der Waals surface area contributed by atoms with E-state index in [4.69, 9.17) is 17.0 Å². The third-order valence-corrected chi connectivity index (χ3v) is 3.50. The summed E-state index contributed by atoms with van der Waals surface area (Å²) in [6, 6.07) is 16.4. The molecule has 1 fully saturated rings. The maximum absolute atomic E-state index is 5.79. The number of nitrogens with one attached hydrogen (secondary N) is 2. The molecule has 0 spiro atoms. The summed E-state index contributed by atoms with van der Waals surface area (Å²) in [6.45, 7) is 2.06. The SMILES string of the molecule is Cc1ccc(Oc2ccc(NC(=S)NC3CC3)cc2)cc1. The van der Waals surface area contributed by atoms with Crippen LogP contribution in [0.1, 0.15) is 18.4 Å². The van der Waals surface area contributed by atoms with Crippen LogP contribution < -0.4 is 15.4 Å². The van der Waals surface area contributed by atoms with Crippen LogP contribution in [0.25, 0.3) is 0 Å². The minimum absolute atomic E-state index is 0.564. The van der Waals surface area contributed by atoms with E-state index in [-0.39, 0.29) is 0 Å². The van der Waals surface area contributed by atoms with Gasteiger partial charge in [0.2, 0.25) is 0 Å². The standard InChI is InChI=1S/C17H18N2OS/c1-12-2-8-15(9-3-12)20-16-10-6-14(7-11-16)19-17(21)18-13-4-5-13/h2-3,6-11,13H,4-5H2,1H3,(H2,18,19,21). The Bertz CT molecular complexity index is 618. The molecular formula is C17H18N2OS. The summed E-state index contributed by atoms with van der Waals surface area (Å²) in [7, 11) is 0. The van der Waals surface area contributed by atoms with E-state index in [0.717, 1.165) is 17.2 Å². The van der Waals surface area contributed by atoms with Crippen molar-refractivity contribution in [2.45, 2.75) is 25.8 Å². The zero-order valence-corrected chi connectivity index (χ0v) is 12.7. The van der Waals surface area contributed by atoms with Crippen molar-refractivity contribution in [3.8, 4) is 11.5 Å². The van der Waals surface area contributed by atoms with E-state index >= 15 is 0 Å². The molecule has 0 saturated heterocycles. The molecule has 0 aromatic heterocycles. The van der Waals surface area contributed by atoms with Gasteiger partial charge in [0.25, 0.3) is 0 Å². The lowest BCUT2D eigenvalue weighted by Gasteiger charge is -2.10. The van der Waals surface area contributed by atoms with Crippen LogP contribution >= 0.6 is 12.2 Å². The summed E-state index contributed by atoms with van der Waals surface area (Å²) in [6.07, 6.45) is 2.43. The van der Waals surface area contributed by atoms with Crippen molar-refractivity contribution in [3.63, 3.8) is 0 Å². The Morgan fingerprint density at radius 3 is 2.14 bits per heavy atom. The van der Waals surface area contributed by atoms with Gasteiger partial charge >= 0.3 is 0 Å². The molecule has 0 atom stereocenters. The Hall–Kier alpha value is -2.07. The smallest absolute Gasteiger partial charge is 0.170 e. The lowest BCUT2D eigenvalue weighted by molar-refractivity contribution is 0.482. The monoisotopic (exact) mass is 298 g/mol. The molecule has 0 radical (unpaired) electrons. The van der Waals surface area contributed by atoms with Crippen LogP contribution in [0.5, 0.6) is 11.5 Å². The van der Waals surface area contributed by atoms with Crippen LogP contribution in [0.2, 0.25) is 0 Å². The number of hydrogen-bond acceptors (Lipinski definition) is 2. The predicted molar refractivity (Wildman–Crippen MR) is 90.1 cm³/mol. The highest BCUT2D eigenvalue weighted by Crippen LogP contribution is 2.23. The number of rotatable bonds is 4. The number of anilines is 1. The Balaban J connectivity index is 1.58. The van der Waals surface area contributed by atoms with Gasteiger partial charge in [-0.3, -0.25) is 0 Å². The summed E-state index contributed by atoms with van der Waals surface area (Å²) >= 11 is 5.25. The molecule has 0 unspecified atom stereocenters. The van der Waals surface area contributed by atoms with Crippen LogP contribution in [0.3, 0.4) is 0 Å². The van der Waals surface area contributed by atoms with Crippen molar-refractivity contribution in [2.24, 2.45) is 0 Å². The van der Waals surface area contributed by atoms with Gasteiger partial charge < -0.3 is 15.4 Å². The zero-order chi connectivity index (χ0) is 14.7. The average Bonchev–Trinajstić information content (AvgIpc) is 3.27. The fraction of sp³-hybridized carbons (Fsp3) is 0.235. The first kappa shape index (κ1) is 13.9. The molecule has 2 aromatic rings. The third-order valence-electron chi connectivity index (χ3n) is 3.28. The molecule has 1 saturated carbocycles. The van der Waals surface area contributed by atoms with Gasteiger partial charge in [-0.1, -0.05) is 17.7 Å². The molecule has 3 nitrogen and oxygen atoms in total. The van der Waals surface area contributed by atoms with Gasteiger partial charge in [0.1, 0.15) is 11.5 Å². The number of thiocarbonyl (C=S) groups is 1. The maximum Gasteiger partial charge on any atom is 0.170 e. The first-order valence-electron chi connectivity index (χ1n) is 7.11. The second kappa shape index (κ2) is 6.14. The molecule has 2 aromatic carbocycles. The highest BCUT2D eigenvalue weighted by atomic mass is 32.1. The zero-order valence-electron chi connectivity index (χ0n) is 11.9. The molecule has 108 valence electrons. The molecule has 0 aliphatic heterocycles. The van der Waals surface area contributed by atoms with Crippen LogP contribution in [0.15, 0.2) is 48.5 Å². The first-order chi connectivity index (χ1) is 10.2. The summed E-state index contributed by atoms with van der Waals surface area (Å²) in [4.78, 5) is 0. The fourth-order valence-electron chi connectivity index (χ4n) is 1.93. The van der Waals surface area contributed by atoms with Gasteiger partial charge in [0.05, 0.1) is 0 Å². The Morgan fingerprint density at radius 1 is 1.00 bits per heavy atom. The largest absolute Gasteiger partial charge is 0.457 e. The number of aryl methyl sites for hydroxylation is 1. The van der Waals surface area contributed by atoms with E-state index in [1.807, 2.05) is 48.5 Å². The van der Waals surface area contributed by atoms with E-state index in [0.29, 0.717) is 11.2 Å². The van der Waals surface area contributed by atoms with Gasteiger partial charge in [-0.05, 0) is 68.4 Å². The van der Waals surface area contributed by atoms with Crippen LogP contribution in [-0.2, 0) is 0 Å². The van der Waals surface area contributed by atoms with E-state index in [1.165, 1.54) is 18.4 Å². The fourth-order valence-corrected chi connectivity index (χ4v) is 2.21. The van der Waals surface area contributed by atoms with Crippen molar-refractivity contribution in [1.29, 1.82) is 0 Å². The van der Waals surface area contributed by atoms with Crippen LogP contribution in [-0.4, -0.2) is 11.2 Å². The molecule has 0 bridgehead atoms. The van der Waals surface area contributed by atoms with Crippen molar-refractivity contribution >= 4 is 23.0 Å². The van der Waals surface area contributed by atoms with Gasteiger partial charge in [-0.2, -0.15) is 0 Å². The molecule has 0 heterocycles. The summed E-state index contributed by atoms with van der Waals surface area (Å²) < 4.78 is 5.79. The number of benzene rings is 2. The molecule has 0 amide bonds. The highest BCUT2D eigenvalue weighted by molar-refractivity contribution is 7.80. The van der Waals surface area contributed by atoms with E-state index in [9.17, 15) is 0 Å². The topological polar surface area (TPSA) is 33.3 Å². The average molecular weight is 298 g/mol. The Kier molecular flexibility index (Phi) is 4.06. The molecular weight excluding hydrogens is 280 g/mol. The van der Waals surface area contributed by atoms with Gasteiger partial charge in [0.15, 0.2) is 5.11 Å². The van der Waals surface area contributed by atoms with Gasteiger partial charge in [0, 0.05) is 11.7 Å². The minimum atomic E-state index is 0.564. The van der Waals surface area contributed by atoms with E-state index < -0.39 is 0 Å². The predicted octanol–water partition coefficient (Wildman–Crippen LogP) is 4.24. The molecule has 21 heavy (non-hydrogen) atoms. The molecule has 2 N–H and O–H groups in total. The summed E-state index contributed by atoms with van der Waals surface area (Å²) in [5.41, 5.74) is 2.18. The summed E-state index contributed by atoms with van der Waals surface area (Å²) in [5.74, 6) is 1.65. The third kappa shape index (κ3) is 4.20. The van der Waals surface area contributed by atoms with E-state index in [2.05, 4.69) is 17.6 Å². The second-order valence-electron chi connectivity index (χ2n) is 5.31. The molecule has 1 aliphatic carbocycles. The first-order valence-corrected chi connectivity index (χ1v) is 7.52. The van der Waals surface area contributed by atoms with E-state index in [1.54, 1.807) is 0 Å². The van der Waals surface area contributed by atoms with Gasteiger partial charge in [-0.25, -0.2) is 0 Å². The normalized spacial score (nSPS) is 13.6.